The average molecular weight is 289 g/mol. The molecule has 7 heteroatoms. The lowest BCUT2D eigenvalue weighted by Crippen LogP contribution is -2.26. The van der Waals surface area contributed by atoms with Crippen molar-refractivity contribution in [2.24, 2.45) is 10.9 Å². The molecule has 110 valence electrons. The number of benzene rings is 2. The van der Waals surface area contributed by atoms with E-state index >= 15 is 0 Å². The summed E-state index contributed by atoms with van der Waals surface area (Å²) in [6.07, 6.45) is 0. The number of nitrogens with zero attached hydrogens (tertiary/aromatic N) is 1. The molecule has 7 nitrogen and oxygen atoms in total. The average Bonchev–Trinajstić information content (AvgIpc) is 2.49. The standard InChI is InChI=1S/C14H14N2O5/c15-16-13(17)7-20-11-3-1-9-2-4-12(6-10(9)5-11)21-8-14(18)19/h1-6H,7-8,15H2,(H,16,17)(H,18,19)/p-1. The van der Waals surface area contributed by atoms with Gasteiger partial charge < -0.3 is 25.5 Å². The van der Waals surface area contributed by atoms with E-state index in [0.717, 1.165) is 10.8 Å². The van der Waals surface area contributed by atoms with Crippen LogP contribution in [0.2, 0.25) is 0 Å². The number of carboxylic acids is 1. The lowest BCUT2D eigenvalue weighted by molar-refractivity contribution is -0.221. The van der Waals surface area contributed by atoms with Gasteiger partial charge in [0.2, 0.25) is 0 Å². The van der Waals surface area contributed by atoms with Gasteiger partial charge in [0.05, 0.1) is 0 Å². The van der Waals surface area contributed by atoms with Crippen molar-refractivity contribution in [3.05, 3.63) is 36.4 Å². The summed E-state index contributed by atoms with van der Waals surface area (Å²) < 4.78 is 10.4. The maximum atomic E-state index is 11.0. The van der Waals surface area contributed by atoms with Crippen LogP contribution in [0.1, 0.15) is 0 Å². The lowest BCUT2D eigenvalue weighted by Gasteiger charge is -2.11. The van der Waals surface area contributed by atoms with E-state index in [9.17, 15) is 9.90 Å². The fourth-order valence-electron chi connectivity index (χ4n) is 1.71. The highest BCUT2D eigenvalue weighted by atomic mass is 16.5. The van der Waals surface area contributed by atoms with Gasteiger partial charge in [0.25, 0.3) is 0 Å². The molecule has 0 spiro atoms. The monoisotopic (exact) mass is 289 g/mol. The Kier molecular flexibility index (Phi) is 4.45. The largest absolute Gasteiger partial charge is 0.858 e. The summed E-state index contributed by atoms with van der Waals surface area (Å²) in [6.45, 7) is -0.647. The zero-order chi connectivity index (χ0) is 15.2. The smallest absolute Gasteiger partial charge is 0.341 e. The van der Waals surface area contributed by atoms with E-state index in [0.29, 0.717) is 11.5 Å². The van der Waals surface area contributed by atoms with Gasteiger partial charge in [0.15, 0.2) is 6.61 Å². The van der Waals surface area contributed by atoms with E-state index in [1.807, 2.05) is 6.07 Å². The van der Waals surface area contributed by atoms with Crippen molar-refractivity contribution in [3.8, 4) is 11.5 Å². The second kappa shape index (κ2) is 6.47. The van der Waals surface area contributed by atoms with Crippen molar-refractivity contribution in [2.45, 2.75) is 0 Å². The van der Waals surface area contributed by atoms with E-state index < -0.39 is 18.5 Å². The van der Waals surface area contributed by atoms with Crippen LogP contribution in [0, 0.1) is 0 Å². The normalized spacial score (nSPS) is 11.3. The van der Waals surface area contributed by atoms with Gasteiger partial charge in [-0.25, -0.2) is 9.90 Å². The first-order valence-corrected chi connectivity index (χ1v) is 6.03. The van der Waals surface area contributed by atoms with E-state index in [1.165, 1.54) is 0 Å². The molecule has 21 heavy (non-hydrogen) atoms. The molecule has 0 heterocycles. The number of carbonyl (C=O) groups is 1. The highest BCUT2D eigenvalue weighted by Gasteiger charge is 2.02. The highest BCUT2D eigenvalue weighted by Crippen LogP contribution is 2.25. The Bertz CT molecular complexity index is 684. The zero-order valence-corrected chi connectivity index (χ0v) is 11.0. The van der Waals surface area contributed by atoms with Gasteiger partial charge in [0.1, 0.15) is 18.1 Å². The van der Waals surface area contributed by atoms with Gasteiger partial charge in [0, 0.05) is 5.90 Å². The van der Waals surface area contributed by atoms with Crippen LogP contribution >= 0.6 is 0 Å². The first-order valence-electron chi connectivity index (χ1n) is 6.03. The van der Waals surface area contributed by atoms with E-state index in [4.69, 9.17) is 20.4 Å². The SMILES string of the molecule is NN=C([O-])COc1ccc2ccc(OCC(=O)O)cc2c1. The number of hydrogen-bond donors (Lipinski definition) is 2. The number of ether oxygens (including phenoxy) is 2. The van der Waals surface area contributed by atoms with Crippen molar-refractivity contribution < 1.29 is 24.5 Å². The Morgan fingerprint density at radius 2 is 1.67 bits per heavy atom. The minimum absolute atomic E-state index is 0.239. The number of nitrogens with two attached hydrogens (primary N) is 1. The Morgan fingerprint density at radius 1 is 1.10 bits per heavy atom. The van der Waals surface area contributed by atoms with Gasteiger partial charge in [-0.15, -0.1) is 0 Å². The fourth-order valence-corrected chi connectivity index (χ4v) is 1.71. The maximum Gasteiger partial charge on any atom is 0.341 e. The van der Waals surface area contributed by atoms with Crippen LogP contribution in [0.5, 0.6) is 11.5 Å². The summed E-state index contributed by atoms with van der Waals surface area (Å²) in [5.74, 6) is 4.15. The van der Waals surface area contributed by atoms with Crippen molar-refractivity contribution in [1.82, 2.24) is 0 Å². The molecule has 0 aliphatic carbocycles. The third-order valence-corrected chi connectivity index (χ3v) is 2.65. The molecule has 0 unspecified atom stereocenters. The predicted octanol–water partition coefficient (Wildman–Crippen LogP) is 0.314. The number of fused-ring (bicyclic) bond motifs is 1. The Morgan fingerprint density at radius 3 is 2.19 bits per heavy atom. The number of carboxylic acid groups (broad SMARTS) is 1. The van der Waals surface area contributed by atoms with Gasteiger partial charge in [-0.2, -0.15) is 0 Å². The quantitative estimate of drug-likeness (QED) is 0.342. The van der Waals surface area contributed by atoms with Gasteiger partial charge in [-0.3, -0.25) is 0 Å². The molecule has 0 aliphatic heterocycles. The molecule has 0 aliphatic rings. The molecule has 2 aromatic rings. The van der Waals surface area contributed by atoms with Crippen LogP contribution in [0.4, 0.5) is 0 Å². The summed E-state index contributed by atoms with van der Waals surface area (Å²) >= 11 is 0. The van der Waals surface area contributed by atoms with Crippen LogP contribution in [-0.4, -0.2) is 30.2 Å². The molecule has 2 rings (SSSR count). The van der Waals surface area contributed by atoms with Crippen LogP contribution < -0.4 is 20.4 Å². The molecular formula is C14H13N2O5-. The third kappa shape index (κ3) is 4.00. The minimum Gasteiger partial charge on any atom is -0.858 e. The molecule has 0 fully saturated rings. The predicted molar refractivity (Wildman–Crippen MR) is 74.2 cm³/mol. The molecule has 0 amide bonds. The van der Waals surface area contributed by atoms with Crippen molar-refractivity contribution >= 4 is 22.6 Å². The Balaban J connectivity index is 2.17. The van der Waals surface area contributed by atoms with Crippen molar-refractivity contribution in [3.63, 3.8) is 0 Å². The number of hydrogen-bond acceptors (Lipinski definition) is 6. The minimum atomic E-state index is -1.05. The van der Waals surface area contributed by atoms with E-state index in [1.54, 1.807) is 30.3 Å². The topological polar surface area (TPSA) is 117 Å². The van der Waals surface area contributed by atoms with Gasteiger partial charge in [-0.1, -0.05) is 12.1 Å². The molecular weight excluding hydrogens is 276 g/mol. The Hall–Kier alpha value is -2.96. The van der Waals surface area contributed by atoms with E-state index in [2.05, 4.69) is 5.10 Å². The molecule has 3 N–H and O–H groups in total. The summed E-state index contributed by atoms with van der Waals surface area (Å²) in [7, 11) is 0. The number of hydrazone groups is 1. The van der Waals surface area contributed by atoms with Crippen molar-refractivity contribution in [2.75, 3.05) is 13.2 Å². The molecule has 0 bridgehead atoms. The summed E-state index contributed by atoms with van der Waals surface area (Å²) in [5.41, 5.74) is 0. The highest BCUT2D eigenvalue weighted by molar-refractivity contribution is 5.85. The number of aliphatic carboxylic acids is 1. The van der Waals surface area contributed by atoms with Crippen LogP contribution in [0.3, 0.4) is 0 Å². The van der Waals surface area contributed by atoms with Crippen LogP contribution in [0.25, 0.3) is 10.8 Å². The molecule has 0 atom stereocenters. The van der Waals surface area contributed by atoms with Gasteiger partial charge in [-0.05, 0) is 35.0 Å². The zero-order valence-electron chi connectivity index (χ0n) is 11.0. The molecule has 2 aromatic carbocycles. The first-order chi connectivity index (χ1) is 10.1. The molecule has 0 aromatic heterocycles. The second-order valence-electron chi connectivity index (χ2n) is 4.16. The molecule has 0 saturated heterocycles. The van der Waals surface area contributed by atoms with E-state index in [-0.39, 0.29) is 6.61 Å². The summed E-state index contributed by atoms with van der Waals surface area (Å²) in [4.78, 5) is 10.5. The lowest BCUT2D eigenvalue weighted by atomic mass is 10.1. The van der Waals surface area contributed by atoms with Crippen LogP contribution in [0.15, 0.2) is 41.5 Å². The van der Waals surface area contributed by atoms with Crippen LogP contribution in [-0.2, 0) is 4.79 Å². The fraction of sp³-hybridized carbons (Fsp3) is 0.143. The second-order valence-corrected chi connectivity index (χ2v) is 4.16. The van der Waals surface area contributed by atoms with Gasteiger partial charge >= 0.3 is 5.97 Å². The first kappa shape index (κ1) is 14.4. The third-order valence-electron chi connectivity index (χ3n) is 2.65. The summed E-state index contributed by atoms with van der Waals surface area (Å²) in [6, 6.07) is 10.4. The molecule has 0 saturated carbocycles. The number of rotatable bonds is 6. The molecule has 0 radical (unpaired) electrons. The summed E-state index contributed by atoms with van der Waals surface area (Å²) in [5, 5.41) is 24.3. The maximum absolute atomic E-state index is 11.0. The van der Waals surface area contributed by atoms with Crippen molar-refractivity contribution in [1.29, 1.82) is 0 Å². The Labute approximate surface area is 120 Å².